The van der Waals surface area contributed by atoms with Crippen LogP contribution in [0.15, 0.2) is 87.9 Å². The second kappa shape index (κ2) is 11.0. The third kappa shape index (κ3) is 5.47. The molecule has 0 saturated heterocycles. The van der Waals surface area contributed by atoms with Crippen molar-refractivity contribution >= 4 is 51.9 Å². The van der Waals surface area contributed by atoms with Gasteiger partial charge in [0.2, 0.25) is 5.17 Å². The van der Waals surface area contributed by atoms with Gasteiger partial charge in [0.15, 0.2) is 5.17 Å². The number of aromatic nitrogens is 1. The van der Waals surface area contributed by atoms with Crippen molar-refractivity contribution in [3.05, 3.63) is 95.3 Å². The van der Waals surface area contributed by atoms with E-state index in [0.29, 0.717) is 16.9 Å². The third-order valence-corrected chi connectivity index (χ3v) is 7.49. The first-order valence-corrected chi connectivity index (χ1v) is 13.3. The lowest BCUT2D eigenvalue weighted by atomic mass is 10.1. The van der Waals surface area contributed by atoms with E-state index in [1.54, 1.807) is 11.0 Å². The molecule has 182 valence electrons. The molecule has 1 amide bonds. The molecule has 36 heavy (non-hydrogen) atoms. The second-order valence-corrected chi connectivity index (χ2v) is 10.00. The van der Waals surface area contributed by atoms with Gasteiger partial charge in [-0.25, -0.2) is 4.90 Å². The minimum Gasteiger partial charge on any atom is -0.494 e. The van der Waals surface area contributed by atoms with E-state index in [4.69, 9.17) is 10.1 Å². The van der Waals surface area contributed by atoms with Gasteiger partial charge in [0.05, 0.1) is 24.1 Å². The average molecular weight is 516 g/mol. The van der Waals surface area contributed by atoms with Crippen molar-refractivity contribution in [3.8, 4) is 5.75 Å². The molecule has 1 aromatic heterocycles. The molecule has 1 N–H and O–H groups in total. The van der Waals surface area contributed by atoms with Gasteiger partial charge in [0, 0.05) is 24.2 Å². The third-order valence-electron chi connectivity index (χ3n) is 5.66. The van der Waals surface area contributed by atoms with E-state index in [1.807, 2.05) is 67.7 Å². The zero-order chi connectivity index (χ0) is 24.9. The maximum Gasteiger partial charge on any atom is 0.283 e. The Hall–Kier alpha value is -3.56. The summed E-state index contributed by atoms with van der Waals surface area (Å²) in [7, 11) is 0. The van der Waals surface area contributed by atoms with Crippen LogP contribution in [0.25, 0.3) is 6.08 Å². The lowest BCUT2D eigenvalue weighted by molar-refractivity contribution is -0.114. The Morgan fingerprint density at radius 3 is 2.81 bits per heavy atom. The smallest absolute Gasteiger partial charge is 0.283 e. The van der Waals surface area contributed by atoms with Gasteiger partial charge in [-0.2, -0.15) is 9.39 Å². The molecule has 2 aromatic carbocycles. The van der Waals surface area contributed by atoms with Gasteiger partial charge in [-0.15, -0.1) is 0 Å². The van der Waals surface area contributed by atoms with Crippen LogP contribution < -0.4 is 4.74 Å². The van der Waals surface area contributed by atoms with Gasteiger partial charge >= 0.3 is 0 Å². The number of ether oxygens (including phenoxy) is 1. The van der Waals surface area contributed by atoms with Gasteiger partial charge in [-0.1, -0.05) is 54.2 Å². The molecule has 0 radical (unpaired) electrons. The highest BCUT2D eigenvalue weighted by molar-refractivity contribution is 8.18. The van der Waals surface area contributed by atoms with Crippen molar-refractivity contribution in [1.82, 2.24) is 9.47 Å². The normalized spacial score (nSPS) is 16.2. The highest BCUT2D eigenvalue weighted by Crippen LogP contribution is 2.33. The van der Waals surface area contributed by atoms with Gasteiger partial charge in [0.1, 0.15) is 11.6 Å². The molecule has 2 aliphatic rings. The SMILES string of the molecule is Cc1cccc(OCCCn2cccc2/C=C2/C(=N)N3C(SCc4ccccc4)=NSC3=NC2=O)c1. The standard InChI is InChI=1S/C27H25N5O2S2/c1-19-8-5-12-22(16-19)34-15-7-14-31-13-6-11-21(31)17-23-24(28)32-26(29-25(23)33)36-30-27(32)35-18-20-9-3-2-4-10-20/h2-6,8-13,16-17,28H,7,14-15,18H2,1H3/b23-17-,28-24?. The molecule has 5 rings (SSSR count). The number of aliphatic imine (C=N–C) groups is 1. The highest BCUT2D eigenvalue weighted by Gasteiger charge is 2.37. The van der Waals surface area contributed by atoms with Crippen molar-refractivity contribution < 1.29 is 9.53 Å². The Labute approximate surface area is 218 Å². The largest absolute Gasteiger partial charge is 0.494 e. The van der Waals surface area contributed by atoms with Crippen LogP contribution >= 0.6 is 23.7 Å². The number of aryl methyl sites for hydroxylation is 2. The number of hydrogen-bond acceptors (Lipinski definition) is 6. The number of hydrogen-bond donors (Lipinski definition) is 1. The van der Waals surface area contributed by atoms with Crippen molar-refractivity contribution in [2.24, 2.45) is 9.39 Å². The Balaban J connectivity index is 1.25. The van der Waals surface area contributed by atoms with Gasteiger partial charge in [0.25, 0.3) is 5.91 Å². The average Bonchev–Trinajstić information content (AvgIpc) is 3.50. The molecule has 2 aliphatic heterocycles. The molecule has 0 spiro atoms. The van der Waals surface area contributed by atoms with E-state index in [2.05, 4.69) is 26.1 Å². The monoisotopic (exact) mass is 515 g/mol. The molecule has 0 fully saturated rings. The van der Waals surface area contributed by atoms with E-state index in [0.717, 1.165) is 42.1 Å². The van der Waals surface area contributed by atoms with Gasteiger partial charge in [-0.3, -0.25) is 10.2 Å². The van der Waals surface area contributed by atoms with Gasteiger partial charge < -0.3 is 9.30 Å². The number of carbonyl (C=O) groups excluding carboxylic acids is 1. The number of amidine groups is 3. The van der Waals surface area contributed by atoms with Crippen molar-refractivity contribution in [3.63, 3.8) is 0 Å². The summed E-state index contributed by atoms with van der Waals surface area (Å²) in [5.74, 6) is 1.27. The minimum absolute atomic E-state index is 0.102. The molecular formula is C27H25N5O2S2. The maximum absolute atomic E-state index is 12.8. The van der Waals surface area contributed by atoms with E-state index < -0.39 is 5.91 Å². The summed E-state index contributed by atoms with van der Waals surface area (Å²) in [6.45, 7) is 3.36. The van der Waals surface area contributed by atoms with E-state index in [1.165, 1.54) is 22.9 Å². The molecule has 0 aliphatic carbocycles. The molecule has 9 heteroatoms. The van der Waals surface area contributed by atoms with Crippen LogP contribution in [-0.4, -0.2) is 38.2 Å². The van der Waals surface area contributed by atoms with Crippen LogP contribution in [0.5, 0.6) is 5.75 Å². The Morgan fingerprint density at radius 1 is 1.11 bits per heavy atom. The zero-order valence-electron chi connectivity index (χ0n) is 19.8. The molecule has 0 unspecified atom stereocenters. The van der Waals surface area contributed by atoms with Crippen LogP contribution in [-0.2, 0) is 17.1 Å². The Kier molecular flexibility index (Phi) is 7.39. The van der Waals surface area contributed by atoms with Crippen molar-refractivity contribution in [2.75, 3.05) is 6.61 Å². The minimum atomic E-state index is -0.418. The maximum atomic E-state index is 12.8. The van der Waals surface area contributed by atoms with Crippen LogP contribution in [0.3, 0.4) is 0 Å². The molecular weight excluding hydrogens is 490 g/mol. The zero-order valence-corrected chi connectivity index (χ0v) is 21.4. The predicted molar refractivity (Wildman–Crippen MR) is 148 cm³/mol. The Bertz CT molecular complexity index is 1380. The second-order valence-electron chi connectivity index (χ2n) is 8.33. The number of nitrogens with one attached hydrogen (secondary N) is 1. The summed E-state index contributed by atoms with van der Waals surface area (Å²) in [6.07, 6.45) is 4.52. The molecule has 7 nitrogen and oxygen atoms in total. The number of benzene rings is 2. The van der Waals surface area contributed by atoms with Crippen molar-refractivity contribution in [2.45, 2.75) is 25.6 Å². The number of thioether (sulfide) groups is 1. The van der Waals surface area contributed by atoms with E-state index in [-0.39, 0.29) is 11.4 Å². The molecule has 0 saturated carbocycles. The Morgan fingerprint density at radius 2 is 1.97 bits per heavy atom. The number of nitrogens with zero attached hydrogens (tertiary/aromatic N) is 4. The van der Waals surface area contributed by atoms with E-state index >= 15 is 0 Å². The van der Waals surface area contributed by atoms with Crippen LogP contribution in [0.4, 0.5) is 0 Å². The van der Waals surface area contributed by atoms with E-state index in [9.17, 15) is 4.79 Å². The summed E-state index contributed by atoms with van der Waals surface area (Å²) in [6, 6.07) is 22.0. The molecule has 3 heterocycles. The summed E-state index contributed by atoms with van der Waals surface area (Å²) >= 11 is 2.67. The van der Waals surface area contributed by atoms with Gasteiger partial charge in [-0.05, 0) is 54.8 Å². The number of amides is 1. The first-order chi connectivity index (χ1) is 17.6. The first-order valence-electron chi connectivity index (χ1n) is 11.6. The molecule has 0 atom stereocenters. The first kappa shape index (κ1) is 24.1. The fourth-order valence-corrected chi connectivity index (χ4v) is 5.66. The quantitative estimate of drug-likeness (QED) is 0.234. The molecule has 3 aromatic rings. The topological polar surface area (TPSA) is 83.0 Å². The summed E-state index contributed by atoms with van der Waals surface area (Å²) in [5, 5.41) is 9.88. The number of rotatable bonds is 8. The van der Waals surface area contributed by atoms with Crippen LogP contribution in [0.2, 0.25) is 0 Å². The lowest BCUT2D eigenvalue weighted by Gasteiger charge is -2.24. The number of carbonyl (C=O) groups is 1. The van der Waals surface area contributed by atoms with Crippen molar-refractivity contribution in [1.29, 1.82) is 5.41 Å². The fourth-order valence-electron chi connectivity index (χ4n) is 3.86. The highest BCUT2D eigenvalue weighted by atomic mass is 32.2. The summed E-state index contributed by atoms with van der Waals surface area (Å²) < 4.78 is 12.4. The molecule has 0 bridgehead atoms. The lowest BCUT2D eigenvalue weighted by Crippen LogP contribution is -2.41. The predicted octanol–water partition coefficient (Wildman–Crippen LogP) is 5.78. The summed E-state index contributed by atoms with van der Waals surface area (Å²) in [4.78, 5) is 18.7. The number of fused-ring (bicyclic) bond motifs is 1. The summed E-state index contributed by atoms with van der Waals surface area (Å²) in [5.41, 5.74) is 3.44. The van der Waals surface area contributed by atoms with Crippen LogP contribution in [0.1, 0.15) is 23.2 Å². The van der Waals surface area contributed by atoms with Crippen LogP contribution in [0, 0.1) is 12.3 Å². The fraction of sp³-hybridized carbons (Fsp3) is 0.185.